The van der Waals surface area contributed by atoms with Crippen LogP contribution in [0.25, 0.3) is 11.3 Å². The number of guanidine groups is 1. The lowest BCUT2D eigenvalue weighted by atomic mass is 9.85. The van der Waals surface area contributed by atoms with Gasteiger partial charge in [-0.3, -0.25) is 9.79 Å². The van der Waals surface area contributed by atoms with Crippen LogP contribution in [-0.4, -0.2) is 53.9 Å². The number of aliphatic imine (C=N–C) groups is 1. The van der Waals surface area contributed by atoms with Gasteiger partial charge < -0.3 is 20.5 Å². The molecule has 1 fully saturated rings. The predicted octanol–water partition coefficient (Wildman–Crippen LogP) is 3.01. The number of benzene rings is 1. The highest BCUT2D eigenvalue weighted by Crippen LogP contribution is 2.26. The van der Waals surface area contributed by atoms with E-state index in [1.165, 1.54) is 6.42 Å². The molecule has 3 N–H and O–H groups in total. The Labute approximate surface area is 189 Å². The fourth-order valence-electron chi connectivity index (χ4n) is 3.21. The van der Waals surface area contributed by atoms with Gasteiger partial charge in [0.2, 0.25) is 5.91 Å². The summed E-state index contributed by atoms with van der Waals surface area (Å²) in [6.45, 7) is 2.09. The molecule has 29 heavy (non-hydrogen) atoms. The third-order valence-corrected chi connectivity index (χ3v) is 5.09. The average Bonchev–Trinajstić information content (AvgIpc) is 3.12. The van der Waals surface area contributed by atoms with Crippen LogP contribution in [0, 0.1) is 5.92 Å². The molecule has 1 aromatic carbocycles. The zero-order chi connectivity index (χ0) is 19.8. The first-order valence-corrected chi connectivity index (χ1v) is 9.96. The van der Waals surface area contributed by atoms with Gasteiger partial charge >= 0.3 is 0 Å². The van der Waals surface area contributed by atoms with E-state index < -0.39 is 0 Å². The number of nitrogens with zero attached hydrogens (tertiary/aromatic N) is 3. The highest BCUT2D eigenvalue weighted by Gasteiger charge is 2.24. The topological polar surface area (TPSA) is 85.4 Å². The van der Waals surface area contributed by atoms with Gasteiger partial charge in [0.15, 0.2) is 5.96 Å². The SMILES string of the molecule is CN=C(NCCCNC(=O)C1CCC1)N(C)Cc1ncc(-c2ccccc2)[nH]1.I. The third kappa shape index (κ3) is 6.73. The normalized spacial score (nSPS) is 13.9. The molecule has 8 heteroatoms. The van der Waals surface area contributed by atoms with E-state index in [0.717, 1.165) is 48.8 Å². The van der Waals surface area contributed by atoms with Crippen LogP contribution in [0.15, 0.2) is 41.5 Å². The first-order chi connectivity index (χ1) is 13.7. The number of hydrogen-bond donors (Lipinski definition) is 3. The van der Waals surface area contributed by atoms with E-state index in [2.05, 4.69) is 37.7 Å². The van der Waals surface area contributed by atoms with Crippen LogP contribution in [0.5, 0.6) is 0 Å². The summed E-state index contributed by atoms with van der Waals surface area (Å²) < 4.78 is 0. The minimum Gasteiger partial charge on any atom is -0.356 e. The summed E-state index contributed by atoms with van der Waals surface area (Å²) in [5.74, 6) is 2.15. The molecule has 1 aliphatic rings. The maximum Gasteiger partial charge on any atom is 0.223 e. The molecular formula is C21H31IN6O. The first kappa shape index (κ1) is 23.2. The number of carbonyl (C=O) groups is 1. The van der Waals surface area contributed by atoms with E-state index in [1.807, 2.05) is 36.3 Å². The van der Waals surface area contributed by atoms with Gasteiger partial charge in [0.1, 0.15) is 5.82 Å². The van der Waals surface area contributed by atoms with Crippen LogP contribution in [0.2, 0.25) is 0 Å². The summed E-state index contributed by atoms with van der Waals surface area (Å²) in [6, 6.07) is 10.2. The molecule has 0 spiro atoms. The second-order valence-electron chi connectivity index (χ2n) is 7.21. The Hall–Kier alpha value is -2.10. The number of halogens is 1. The smallest absolute Gasteiger partial charge is 0.223 e. The number of carbonyl (C=O) groups excluding carboxylic acids is 1. The minimum atomic E-state index is 0. The van der Waals surface area contributed by atoms with Crippen molar-refractivity contribution in [1.29, 1.82) is 0 Å². The van der Waals surface area contributed by atoms with E-state index in [-0.39, 0.29) is 35.8 Å². The van der Waals surface area contributed by atoms with Crippen LogP contribution in [0.4, 0.5) is 0 Å². The maximum atomic E-state index is 11.8. The number of hydrogen-bond acceptors (Lipinski definition) is 3. The van der Waals surface area contributed by atoms with Gasteiger partial charge in [0.05, 0.1) is 18.4 Å². The van der Waals surface area contributed by atoms with Crippen molar-refractivity contribution in [3.8, 4) is 11.3 Å². The van der Waals surface area contributed by atoms with Crippen molar-refractivity contribution in [2.75, 3.05) is 27.2 Å². The number of rotatable bonds is 8. The Morgan fingerprint density at radius 2 is 1.97 bits per heavy atom. The zero-order valence-electron chi connectivity index (χ0n) is 17.1. The first-order valence-electron chi connectivity index (χ1n) is 9.96. The number of aromatic amines is 1. The molecule has 3 rings (SSSR count). The van der Waals surface area contributed by atoms with Crippen LogP contribution >= 0.6 is 24.0 Å². The second-order valence-corrected chi connectivity index (χ2v) is 7.21. The van der Waals surface area contributed by atoms with Crippen molar-refractivity contribution in [3.05, 3.63) is 42.4 Å². The summed E-state index contributed by atoms with van der Waals surface area (Å²) in [7, 11) is 3.76. The van der Waals surface area contributed by atoms with Gasteiger partial charge in [-0.15, -0.1) is 24.0 Å². The number of imidazole rings is 1. The molecular weight excluding hydrogens is 479 g/mol. The standard InChI is InChI=1S/C21H30N6O.HI/c1-22-21(24-13-7-12-23-20(28)17-10-6-11-17)27(2)15-19-25-14-18(26-19)16-8-4-3-5-9-16;/h3-5,8-9,14,17H,6-7,10-13,15H2,1-2H3,(H,22,24)(H,23,28)(H,25,26);1H. The van der Waals surface area contributed by atoms with Crippen molar-refractivity contribution < 1.29 is 4.79 Å². The lowest BCUT2D eigenvalue weighted by Crippen LogP contribution is -2.40. The Bertz CT molecular complexity index is 787. The Morgan fingerprint density at radius 1 is 1.24 bits per heavy atom. The zero-order valence-corrected chi connectivity index (χ0v) is 19.5. The number of H-pyrrole nitrogens is 1. The Morgan fingerprint density at radius 3 is 2.62 bits per heavy atom. The van der Waals surface area contributed by atoms with Crippen LogP contribution in [0.1, 0.15) is 31.5 Å². The average molecular weight is 510 g/mol. The second kappa shape index (κ2) is 11.8. The molecule has 0 atom stereocenters. The number of nitrogens with one attached hydrogen (secondary N) is 3. The van der Waals surface area contributed by atoms with E-state index in [9.17, 15) is 4.79 Å². The van der Waals surface area contributed by atoms with Gasteiger partial charge in [0, 0.05) is 33.1 Å². The molecule has 1 heterocycles. The molecule has 1 amide bonds. The molecule has 1 saturated carbocycles. The molecule has 0 radical (unpaired) electrons. The van der Waals surface area contributed by atoms with E-state index in [1.54, 1.807) is 7.05 Å². The van der Waals surface area contributed by atoms with Crippen LogP contribution in [-0.2, 0) is 11.3 Å². The summed E-state index contributed by atoms with van der Waals surface area (Å²) in [4.78, 5) is 26.0. The van der Waals surface area contributed by atoms with E-state index >= 15 is 0 Å². The van der Waals surface area contributed by atoms with Crippen molar-refractivity contribution in [1.82, 2.24) is 25.5 Å². The summed E-state index contributed by atoms with van der Waals surface area (Å²) in [5, 5.41) is 6.36. The van der Waals surface area contributed by atoms with Crippen molar-refractivity contribution >= 4 is 35.8 Å². The summed E-state index contributed by atoms with van der Waals surface area (Å²) in [6.07, 6.45) is 6.00. The highest BCUT2D eigenvalue weighted by atomic mass is 127. The number of amides is 1. The monoisotopic (exact) mass is 510 g/mol. The Balaban J connectivity index is 0.00000300. The predicted molar refractivity (Wildman–Crippen MR) is 127 cm³/mol. The Kier molecular flexibility index (Phi) is 9.43. The molecule has 1 aromatic heterocycles. The van der Waals surface area contributed by atoms with Crippen molar-refractivity contribution in [2.24, 2.45) is 10.9 Å². The van der Waals surface area contributed by atoms with Gasteiger partial charge in [-0.05, 0) is 24.8 Å². The quantitative estimate of drug-likeness (QED) is 0.221. The molecule has 0 aliphatic heterocycles. The lowest BCUT2D eigenvalue weighted by Gasteiger charge is -2.24. The largest absolute Gasteiger partial charge is 0.356 e. The van der Waals surface area contributed by atoms with Gasteiger partial charge in [0.25, 0.3) is 0 Å². The molecule has 0 unspecified atom stereocenters. The van der Waals surface area contributed by atoms with Crippen LogP contribution < -0.4 is 10.6 Å². The fraction of sp³-hybridized carbons (Fsp3) is 0.476. The molecule has 0 saturated heterocycles. The van der Waals surface area contributed by atoms with E-state index in [4.69, 9.17) is 0 Å². The summed E-state index contributed by atoms with van der Waals surface area (Å²) >= 11 is 0. The molecule has 158 valence electrons. The molecule has 0 bridgehead atoms. The third-order valence-electron chi connectivity index (χ3n) is 5.09. The summed E-state index contributed by atoms with van der Waals surface area (Å²) in [5.41, 5.74) is 2.13. The number of aromatic nitrogens is 2. The molecule has 7 nitrogen and oxygen atoms in total. The van der Waals surface area contributed by atoms with Gasteiger partial charge in [-0.1, -0.05) is 36.8 Å². The molecule has 1 aliphatic carbocycles. The molecule has 2 aromatic rings. The van der Waals surface area contributed by atoms with Gasteiger partial charge in [-0.2, -0.15) is 0 Å². The van der Waals surface area contributed by atoms with E-state index in [0.29, 0.717) is 13.1 Å². The maximum absolute atomic E-state index is 11.8. The van der Waals surface area contributed by atoms with Crippen molar-refractivity contribution in [2.45, 2.75) is 32.2 Å². The minimum absolute atomic E-state index is 0. The lowest BCUT2D eigenvalue weighted by molar-refractivity contribution is -0.127. The highest BCUT2D eigenvalue weighted by molar-refractivity contribution is 14.0. The van der Waals surface area contributed by atoms with Crippen molar-refractivity contribution in [3.63, 3.8) is 0 Å². The van der Waals surface area contributed by atoms with Gasteiger partial charge in [-0.25, -0.2) is 4.98 Å². The van der Waals surface area contributed by atoms with Crippen LogP contribution in [0.3, 0.4) is 0 Å². The fourth-order valence-corrected chi connectivity index (χ4v) is 3.21.